The molecule has 0 amide bonds. The van der Waals surface area contributed by atoms with Gasteiger partial charge in [0.05, 0.1) is 4.88 Å². The van der Waals surface area contributed by atoms with Crippen LogP contribution >= 0.6 is 23.1 Å². The zero-order chi connectivity index (χ0) is 23.9. The molecule has 0 saturated heterocycles. The highest BCUT2D eigenvalue weighted by molar-refractivity contribution is 7.98. The third-order valence-electron chi connectivity index (χ3n) is 6.53. The molecular formula is C24H31N5O2S2. The molecule has 0 radical (unpaired) electrons. The molecule has 1 unspecified atom stereocenters. The van der Waals surface area contributed by atoms with Crippen LogP contribution < -0.4 is 11.2 Å². The van der Waals surface area contributed by atoms with Crippen LogP contribution in [0.25, 0.3) is 10.7 Å². The first-order valence-corrected chi connectivity index (χ1v) is 12.9. The van der Waals surface area contributed by atoms with E-state index in [4.69, 9.17) is 0 Å². The normalized spacial score (nSPS) is 16.1. The van der Waals surface area contributed by atoms with Crippen molar-refractivity contribution in [1.82, 2.24) is 23.9 Å². The summed E-state index contributed by atoms with van der Waals surface area (Å²) in [5, 5.41) is 9.71. The highest BCUT2D eigenvalue weighted by Gasteiger charge is 2.30. The largest absolute Gasteiger partial charge is 0.330 e. The Kier molecular flexibility index (Phi) is 6.55. The molecule has 1 aliphatic carbocycles. The summed E-state index contributed by atoms with van der Waals surface area (Å²) in [7, 11) is 3.16. The molecule has 4 rings (SSSR count). The quantitative estimate of drug-likeness (QED) is 0.389. The number of hydrogen-bond acceptors (Lipinski definition) is 6. The smallest absolute Gasteiger partial charge is 0.300 e. The zero-order valence-electron chi connectivity index (χ0n) is 19.9. The van der Waals surface area contributed by atoms with Crippen LogP contribution in [-0.2, 0) is 39.2 Å². The van der Waals surface area contributed by atoms with Crippen molar-refractivity contribution in [2.24, 2.45) is 25.4 Å². The lowest BCUT2D eigenvalue weighted by atomic mass is 9.72. The predicted octanol–water partition coefficient (Wildman–Crippen LogP) is 4.03. The second-order valence-corrected chi connectivity index (χ2v) is 11.8. The molecule has 0 spiro atoms. The Morgan fingerprint density at radius 1 is 1.21 bits per heavy atom. The number of thioether (sulfide) groups is 1. The van der Waals surface area contributed by atoms with Gasteiger partial charge in [-0.05, 0) is 42.2 Å². The van der Waals surface area contributed by atoms with Crippen molar-refractivity contribution in [3.63, 3.8) is 0 Å². The summed E-state index contributed by atoms with van der Waals surface area (Å²) in [6.45, 7) is 11.5. The Labute approximate surface area is 202 Å². The van der Waals surface area contributed by atoms with Crippen molar-refractivity contribution < 1.29 is 0 Å². The Bertz CT molecular complexity index is 1310. The standard InChI is InChI=1S/C24H31N5O2S2/c1-7-10-29-21(19-12-15-11-16(24(2,3)4)8-9-18(15)33-19)25-26-22(29)32-14-17-13-20(30)28(6)23(31)27(17)5/h7,12-13,16H,1,8-11,14H2,2-6H3. The lowest BCUT2D eigenvalue weighted by Gasteiger charge is -2.33. The minimum atomic E-state index is -0.330. The molecule has 0 aromatic carbocycles. The molecular weight excluding hydrogens is 454 g/mol. The first-order chi connectivity index (χ1) is 15.6. The monoisotopic (exact) mass is 485 g/mol. The van der Waals surface area contributed by atoms with E-state index in [2.05, 4.69) is 48.2 Å². The third-order valence-corrected chi connectivity index (χ3v) is 8.76. The summed E-state index contributed by atoms with van der Waals surface area (Å²) in [4.78, 5) is 26.9. The molecule has 3 aromatic rings. The number of fused-ring (bicyclic) bond motifs is 1. The number of thiophene rings is 1. The van der Waals surface area contributed by atoms with Gasteiger partial charge < -0.3 is 0 Å². The van der Waals surface area contributed by atoms with Crippen LogP contribution in [0.2, 0.25) is 0 Å². The van der Waals surface area contributed by atoms with Gasteiger partial charge in [-0.3, -0.25) is 18.5 Å². The molecule has 3 heterocycles. The summed E-state index contributed by atoms with van der Waals surface area (Å²) in [6.07, 6.45) is 5.31. The van der Waals surface area contributed by atoms with Gasteiger partial charge in [0, 0.05) is 43.0 Å². The summed E-state index contributed by atoms with van der Waals surface area (Å²) >= 11 is 3.29. The summed E-state index contributed by atoms with van der Waals surface area (Å²) in [5.41, 5.74) is 1.77. The van der Waals surface area contributed by atoms with E-state index in [1.807, 2.05) is 17.4 Å². The maximum atomic E-state index is 12.2. The first kappa shape index (κ1) is 23.8. The van der Waals surface area contributed by atoms with Crippen LogP contribution in [0.1, 0.15) is 43.3 Å². The van der Waals surface area contributed by atoms with E-state index in [1.54, 1.807) is 7.05 Å². The van der Waals surface area contributed by atoms with Crippen molar-refractivity contribution in [3.05, 3.63) is 61.8 Å². The fourth-order valence-electron chi connectivity index (χ4n) is 4.30. The maximum Gasteiger partial charge on any atom is 0.330 e. The number of nitrogens with zero attached hydrogens (tertiary/aromatic N) is 5. The van der Waals surface area contributed by atoms with E-state index < -0.39 is 0 Å². The van der Waals surface area contributed by atoms with Crippen molar-refractivity contribution in [2.45, 2.75) is 57.5 Å². The van der Waals surface area contributed by atoms with Gasteiger partial charge in [-0.15, -0.1) is 28.1 Å². The molecule has 0 N–H and O–H groups in total. The molecule has 0 bridgehead atoms. The molecule has 3 aromatic heterocycles. The second-order valence-electron chi connectivity index (χ2n) is 9.73. The van der Waals surface area contributed by atoms with E-state index in [0.717, 1.165) is 33.3 Å². The van der Waals surface area contributed by atoms with Gasteiger partial charge in [-0.1, -0.05) is 38.6 Å². The highest BCUT2D eigenvalue weighted by Crippen LogP contribution is 2.42. The lowest BCUT2D eigenvalue weighted by molar-refractivity contribution is 0.217. The fourth-order valence-corrected chi connectivity index (χ4v) is 6.47. The van der Waals surface area contributed by atoms with Crippen LogP contribution in [0.5, 0.6) is 0 Å². The Hall–Kier alpha value is -2.39. The highest BCUT2D eigenvalue weighted by atomic mass is 32.2. The van der Waals surface area contributed by atoms with Crippen LogP contribution in [0.4, 0.5) is 0 Å². The summed E-state index contributed by atoms with van der Waals surface area (Å²) < 4.78 is 4.67. The van der Waals surface area contributed by atoms with E-state index in [9.17, 15) is 9.59 Å². The molecule has 0 saturated carbocycles. The maximum absolute atomic E-state index is 12.2. The van der Waals surface area contributed by atoms with Gasteiger partial charge >= 0.3 is 5.69 Å². The molecule has 1 atom stereocenters. The van der Waals surface area contributed by atoms with Gasteiger partial charge in [-0.2, -0.15) is 0 Å². The first-order valence-electron chi connectivity index (χ1n) is 11.1. The second kappa shape index (κ2) is 9.10. The van der Waals surface area contributed by atoms with Gasteiger partial charge in [0.1, 0.15) is 0 Å². The van der Waals surface area contributed by atoms with E-state index in [-0.39, 0.29) is 11.2 Å². The molecule has 9 heteroatoms. The van der Waals surface area contributed by atoms with Crippen LogP contribution in [-0.4, -0.2) is 23.9 Å². The summed E-state index contributed by atoms with van der Waals surface area (Å²) in [5.74, 6) is 1.99. The SMILES string of the molecule is C=CCn1c(SCc2cc(=O)n(C)c(=O)n2C)nnc1-c1cc2c(s1)CCC(C(C)(C)C)C2. The van der Waals surface area contributed by atoms with Crippen molar-refractivity contribution in [2.75, 3.05) is 0 Å². The lowest BCUT2D eigenvalue weighted by Crippen LogP contribution is -2.37. The molecule has 1 aliphatic rings. The van der Waals surface area contributed by atoms with Crippen LogP contribution in [0, 0.1) is 11.3 Å². The van der Waals surface area contributed by atoms with Gasteiger partial charge in [0.2, 0.25) is 0 Å². The van der Waals surface area contributed by atoms with Crippen LogP contribution in [0.3, 0.4) is 0 Å². The van der Waals surface area contributed by atoms with Gasteiger partial charge in [0.15, 0.2) is 11.0 Å². The molecule has 176 valence electrons. The number of rotatable bonds is 6. The van der Waals surface area contributed by atoms with Crippen molar-refractivity contribution in [1.29, 1.82) is 0 Å². The number of hydrogen-bond donors (Lipinski definition) is 0. The Morgan fingerprint density at radius 3 is 2.67 bits per heavy atom. The zero-order valence-corrected chi connectivity index (χ0v) is 21.6. The van der Waals surface area contributed by atoms with Crippen molar-refractivity contribution in [3.8, 4) is 10.7 Å². The molecule has 0 aliphatic heterocycles. The minimum Gasteiger partial charge on any atom is -0.300 e. The fraction of sp³-hybridized carbons (Fsp3) is 0.500. The predicted molar refractivity (Wildman–Crippen MR) is 135 cm³/mol. The summed E-state index contributed by atoms with van der Waals surface area (Å²) in [6, 6.07) is 3.79. The average Bonchev–Trinajstić information content (AvgIpc) is 3.36. The third kappa shape index (κ3) is 4.66. The molecule has 7 nitrogen and oxygen atoms in total. The van der Waals surface area contributed by atoms with Gasteiger partial charge in [0.25, 0.3) is 5.56 Å². The molecule has 0 fully saturated rings. The number of allylic oxidation sites excluding steroid dienone is 1. The minimum absolute atomic E-state index is 0.306. The van der Waals surface area contributed by atoms with Crippen LogP contribution in [0.15, 0.2) is 39.5 Å². The number of aryl methyl sites for hydroxylation is 1. The van der Waals surface area contributed by atoms with Gasteiger partial charge in [-0.25, -0.2) is 4.79 Å². The Balaban J connectivity index is 1.61. The topological polar surface area (TPSA) is 74.7 Å². The van der Waals surface area contributed by atoms with E-state index in [0.29, 0.717) is 29.3 Å². The van der Waals surface area contributed by atoms with E-state index in [1.165, 1.54) is 46.3 Å². The van der Waals surface area contributed by atoms with E-state index >= 15 is 0 Å². The number of aromatic nitrogens is 5. The average molecular weight is 486 g/mol. The molecule has 33 heavy (non-hydrogen) atoms. The van der Waals surface area contributed by atoms with Crippen molar-refractivity contribution >= 4 is 23.1 Å². The Morgan fingerprint density at radius 2 is 1.97 bits per heavy atom.